The molecule has 1 saturated carbocycles. The fourth-order valence-electron chi connectivity index (χ4n) is 3.26. The summed E-state index contributed by atoms with van der Waals surface area (Å²) in [4.78, 5) is 9.14. The average molecular weight is 379 g/mol. The van der Waals surface area contributed by atoms with E-state index in [2.05, 4.69) is 20.6 Å². The Labute approximate surface area is 163 Å². The van der Waals surface area contributed by atoms with Gasteiger partial charge in [-0.15, -0.1) is 0 Å². The number of fused-ring (bicyclic) bond motifs is 1. The lowest BCUT2D eigenvalue weighted by Crippen LogP contribution is -2.41. The van der Waals surface area contributed by atoms with Crippen LogP contribution in [0.1, 0.15) is 30.4 Å². The number of hydrogen-bond donors (Lipinski definition) is 3. The van der Waals surface area contributed by atoms with E-state index in [1.165, 1.54) is 19.3 Å². The SMILES string of the molecule is Cc1cc(-c2ccc3ncc(NC(=S)NC4CCC4)nc3c2)cc(C)c1O. The fourth-order valence-corrected chi connectivity index (χ4v) is 3.54. The summed E-state index contributed by atoms with van der Waals surface area (Å²) in [5, 5.41) is 17.0. The number of aryl methyl sites for hydroxylation is 2. The molecule has 0 amide bonds. The largest absolute Gasteiger partial charge is 0.507 e. The molecule has 1 fully saturated rings. The quantitative estimate of drug-likeness (QED) is 0.585. The predicted octanol–water partition coefficient (Wildman–Crippen LogP) is 4.46. The van der Waals surface area contributed by atoms with Crippen molar-refractivity contribution in [1.82, 2.24) is 15.3 Å². The molecule has 2 aromatic carbocycles. The van der Waals surface area contributed by atoms with Crippen molar-refractivity contribution in [3.63, 3.8) is 0 Å². The Balaban J connectivity index is 1.62. The van der Waals surface area contributed by atoms with E-state index in [0.29, 0.717) is 22.7 Å². The van der Waals surface area contributed by atoms with Crippen molar-refractivity contribution in [1.29, 1.82) is 0 Å². The third kappa shape index (κ3) is 3.71. The first kappa shape index (κ1) is 17.7. The molecule has 0 unspecified atom stereocenters. The molecular formula is C21H22N4OS. The molecule has 138 valence electrons. The Morgan fingerprint density at radius 3 is 2.48 bits per heavy atom. The lowest BCUT2D eigenvalue weighted by molar-refractivity contribution is 0.385. The normalized spacial score (nSPS) is 14.0. The first-order chi connectivity index (χ1) is 13.0. The number of phenolic OH excluding ortho intramolecular Hbond substituents is 1. The highest BCUT2D eigenvalue weighted by molar-refractivity contribution is 7.80. The second-order valence-electron chi connectivity index (χ2n) is 7.14. The highest BCUT2D eigenvalue weighted by Gasteiger charge is 2.18. The van der Waals surface area contributed by atoms with Gasteiger partial charge in [0.25, 0.3) is 0 Å². The number of aromatic hydroxyl groups is 1. The monoisotopic (exact) mass is 378 g/mol. The van der Waals surface area contributed by atoms with Crippen LogP contribution in [0.4, 0.5) is 5.82 Å². The molecule has 0 radical (unpaired) electrons. The lowest BCUT2D eigenvalue weighted by atomic mass is 9.93. The number of hydrogen-bond acceptors (Lipinski definition) is 4. The van der Waals surface area contributed by atoms with Gasteiger partial charge in [0.2, 0.25) is 0 Å². The molecule has 1 heterocycles. The van der Waals surface area contributed by atoms with Crippen molar-refractivity contribution in [2.75, 3.05) is 5.32 Å². The van der Waals surface area contributed by atoms with E-state index in [1.807, 2.05) is 44.2 Å². The molecule has 27 heavy (non-hydrogen) atoms. The van der Waals surface area contributed by atoms with E-state index < -0.39 is 0 Å². The molecule has 5 nitrogen and oxygen atoms in total. The lowest BCUT2D eigenvalue weighted by Gasteiger charge is -2.27. The Morgan fingerprint density at radius 2 is 1.81 bits per heavy atom. The minimum absolute atomic E-state index is 0.346. The fraction of sp³-hybridized carbons (Fsp3) is 0.286. The summed E-state index contributed by atoms with van der Waals surface area (Å²) in [7, 11) is 0. The van der Waals surface area contributed by atoms with Gasteiger partial charge < -0.3 is 15.7 Å². The van der Waals surface area contributed by atoms with Crippen molar-refractivity contribution >= 4 is 34.2 Å². The van der Waals surface area contributed by atoms with Crippen LogP contribution in [0.25, 0.3) is 22.2 Å². The van der Waals surface area contributed by atoms with Crippen molar-refractivity contribution in [2.24, 2.45) is 0 Å². The Bertz CT molecular complexity index is 1010. The van der Waals surface area contributed by atoms with Crippen molar-refractivity contribution in [2.45, 2.75) is 39.2 Å². The topological polar surface area (TPSA) is 70.1 Å². The van der Waals surface area contributed by atoms with Crippen molar-refractivity contribution in [3.8, 4) is 16.9 Å². The van der Waals surface area contributed by atoms with Gasteiger partial charge in [0, 0.05) is 6.04 Å². The van der Waals surface area contributed by atoms with Crippen LogP contribution in [0.15, 0.2) is 36.5 Å². The first-order valence-corrected chi connectivity index (χ1v) is 9.55. The summed E-state index contributed by atoms with van der Waals surface area (Å²) in [5.74, 6) is 0.979. The van der Waals surface area contributed by atoms with Gasteiger partial charge in [-0.05, 0) is 91.8 Å². The Hall–Kier alpha value is -2.73. The number of aromatic nitrogens is 2. The van der Waals surface area contributed by atoms with Crippen LogP contribution >= 0.6 is 12.2 Å². The number of thiocarbonyl (C=S) groups is 1. The van der Waals surface area contributed by atoms with E-state index >= 15 is 0 Å². The van der Waals surface area contributed by atoms with Gasteiger partial charge >= 0.3 is 0 Å². The summed E-state index contributed by atoms with van der Waals surface area (Å²) >= 11 is 5.36. The summed E-state index contributed by atoms with van der Waals surface area (Å²) in [6.45, 7) is 3.82. The number of nitrogens with one attached hydrogen (secondary N) is 2. The van der Waals surface area contributed by atoms with Gasteiger partial charge in [0.15, 0.2) is 10.9 Å². The van der Waals surface area contributed by atoms with Gasteiger partial charge in [0.05, 0.1) is 17.2 Å². The zero-order chi connectivity index (χ0) is 19.0. The van der Waals surface area contributed by atoms with Gasteiger partial charge in [-0.2, -0.15) is 0 Å². The maximum Gasteiger partial charge on any atom is 0.172 e. The first-order valence-electron chi connectivity index (χ1n) is 9.14. The summed E-state index contributed by atoms with van der Waals surface area (Å²) in [6, 6.07) is 10.4. The van der Waals surface area contributed by atoms with Crippen LogP contribution in [0.2, 0.25) is 0 Å². The third-order valence-electron chi connectivity index (χ3n) is 5.05. The van der Waals surface area contributed by atoms with Crippen LogP contribution in [-0.4, -0.2) is 26.2 Å². The number of phenols is 1. The number of nitrogens with zero attached hydrogens (tertiary/aromatic N) is 2. The van der Waals surface area contributed by atoms with E-state index in [0.717, 1.165) is 33.3 Å². The van der Waals surface area contributed by atoms with Crippen LogP contribution in [0.5, 0.6) is 5.75 Å². The molecule has 3 N–H and O–H groups in total. The Kier molecular flexibility index (Phi) is 4.66. The summed E-state index contributed by atoms with van der Waals surface area (Å²) < 4.78 is 0. The molecule has 0 spiro atoms. The zero-order valence-corrected chi connectivity index (χ0v) is 16.2. The molecule has 1 aliphatic rings. The second-order valence-corrected chi connectivity index (χ2v) is 7.55. The number of rotatable bonds is 3. The van der Waals surface area contributed by atoms with Gasteiger partial charge in [-0.25, -0.2) is 4.98 Å². The third-order valence-corrected chi connectivity index (χ3v) is 5.27. The average Bonchev–Trinajstić information content (AvgIpc) is 2.62. The van der Waals surface area contributed by atoms with E-state index in [4.69, 9.17) is 12.2 Å². The zero-order valence-electron chi connectivity index (χ0n) is 15.4. The molecular weight excluding hydrogens is 356 g/mol. The highest BCUT2D eigenvalue weighted by Crippen LogP contribution is 2.30. The molecule has 1 aliphatic carbocycles. The number of anilines is 1. The molecule has 0 aliphatic heterocycles. The van der Waals surface area contributed by atoms with Gasteiger partial charge in [-0.1, -0.05) is 6.07 Å². The maximum absolute atomic E-state index is 10.0. The maximum atomic E-state index is 10.0. The van der Waals surface area contributed by atoms with Crippen LogP contribution < -0.4 is 10.6 Å². The second kappa shape index (κ2) is 7.12. The van der Waals surface area contributed by atoms with E-state index in [1.54, 1.807) is 6.20 Å². The highest BCUT2D eigenvalue weighted by atomic mass is 32.1. The molecule has 0 bridgehead atoms. The summed E-state index contributed by atoms with van der Waals surface area (Å²) in [5.41, 5.74) is 5.43. The minimum Gasteiger partial charge on any atom is -0.507 e. The minimum atomic E-state index is 0.346. The van der Waals surface area contributed by atoms with E-state index in [-0.39, 0.29) is 0 Å². The molecule has 0 saturated heterocycles. The number of benzene rings is 2. The standard InChI is InChI=1S/C21H22N4OS/c1-12-8-15(9-13(2)20(12)26)14-6-7-17-18(10-14)24-19(11-22-17)25-21(27)23-16-4-3-5-16/h6-11,16,26H,3-5H2,1-2H3,(H2,23,24,25,27). The molecule has 0 atom stereocenters. The molecule has 1 aromatic heterocycles. The molecule has 6 heteroatoms. The van der Waals surface area contributed by atoms with Gasteiger partial charge in [-0.3, -0.25) is 4.98 Å². The van der Waals surface area contributed by atoms with Gasteiger partial charge in [0.1, 0.15) is 5.75 Å². The Morgan fingerprint density at radius 1 is 1.07 bits per heavy atom. The molecule has 4 rings (SSSR count). The predicted molar refractivity (Wildman–Crippen MR) is 113 cm³/mol. The molecule has 3 aromatic rings. The van der Waals surface area contributed by atoms with Crippen molar-refractivity contribution in [3.05, 3.63) is 47.7 Å². The van der Waals surface area contributed by atoms with Crippen LogP contribution in [0, 0.1) is 13.8 Å². The van der Waals surface area contributed by atoms with Crippen LogP contribution in [0.3, 0.4) is 0 Å². The van der Waals surface area contributed by atoms with E-state index in [9.17, 15) is 5.11 Å². The van der Waals surface area contributed by atoms with Crippen LogP contribution in [-0.2, 0) is 0 Å². The smallest absolute Gasteiger partial charge is 0.172 e. The summed E-state index contributed by atoms with van der Waals surface area (Å²) in [6.07, 6.45) is 5.29. The van der Waals surface area contributed by atoms with Crippen molar-refractivity contribution < 1.29 is 5.11 Å².